The number of nitrogens with zero attached hydrogens (tertiary/aromatic N) is 2. The van der Waals surface area contributed by atoms with Crippen molar-refractivity contribution in [2.24, 2.45) is 11.8 Å². The summed E-state index contributed by atoms with van der Waals surface area (Å²) in [5, 5.41) is 16.0. The number of rotatable bonds is 8. The van der Waals surface area contributed by atoms with Gasteiger partial charge in [0.15, 0.2) is 0 Å². The highest BCUT2D eigenvalue weighted by Gasteiger charge is 2.31. The molecule has 0 saturated heterocycles. The molecule has 218 valence electrons. The largest absolute Gasteiger partial charge is 0.488 e. The standard InChI is InChI=1S/C31H50N4O4/c1-22-18-35(23(2)21-36)30(37)17-25-16-27(33-31(38)32-26-12-8-5-9-13-26)14-15-28(25)39-29(22)20-34(3)19-24-10-6-4-7-11-24/h14-16,22-24,26,29,36H,4-13,17-21H2,1-3H3,(H2,32,33,38)/t22-,23-,29-/m1/s1. The number of carbonyl (C=O) groups is 2. The summed E-state index contributed by atoms with van der Waals surface area (Å²) < 4.78 is 6.67. The van der Waals surface area contributed by atoms with E-state index >= 15 is 0 Å². The Kier molecular flexibility index (Phi) is 10.9. The lowest BCUT2D eigenvalue weighted by molar-refractivity contribution is -0.134. The lowest BCUT2D eigenvalue weighted by atomic mass is 9.89. The van der Waals surface area contributed by atoms with Crippen molar-refractivity contribution in [1.82, 2.24) is 15.1 Å². The third-order valence-corrected chi connectivity index (χ3v) is 8.90. The highest BCUT2D eigenvalue weighted by Crippen LogP contribution is 2.30. The molecular formula is C31H50N4O4. The van der Waals surface area contributed by atoms with Crippen LogP contribution in [0.15, 0.2) is 18.2 Å². The second-order valence-corrected chi connectivity index (χ2v) is 12.4. The average Bonchev–Trinajstić information content (AvgIpc) is 2.97. The van der Waals surface area contributed by atoms with Gasteiger partial charge in [0.1, 0.15) is 11.9 Å². The van der Waals surface area contributed by atoms with E-state index in [-0.39, 0.29) is 49.1 Å². The Bertz CT molecular complexity index is 945. The number of carbonyl (C=O) groups excluding carboxylic acids is 2. The minimum absolute atomic E-state index is 0.0340. The van der Waals surface area contributed by atoms with E-state index in [9.17, 15) is 14.7 Å². The molecule has 1 aliphatic heterocycles. The number of benzene rings is 1. The number of nitrogens with one attached hydrogen (secondary N) is 2. The zero-order valence-corrected chi connectivity index (χ0v) is 24.3. The second kappa shape index (κ2) is 14.4. The molecule has 4 rings (SSSR count). The van der Waals surface area contributed by atoms with E-state index in [4.69, 9.17) is 4.74 Å². The van der Waals surface area contributed by atoms with Crippen LogP contribution < -0.4 is 15.4 Å². The molecule has 39 heavy (non-hydrogen) atoms. The first-order chi connectivity index (χ1) is 18.8. The average molecular weight is 543 g/mol. The number of fused-ring (bicyclic) bond motifs is 1. The van der Waals surface area contributed by atoms with Crippen molar-refractivity contribution >= 4 is 17.6 Å². The molecule has 0 aromatic heterocycles. The van der Waals surface area contributed by atoms with E-state index in [0.717, 1.165) is 50.3 Å². The van der Waals surface area contributed by atoms with Crippen LogP contribution in [-0.4, -0.2) is 78.3 Å². The Morgan fingerprint density at radius 1 is 1.10 bits per heavy atom. The summed E-state index contributed by atoms with van der Waals surface area (Å²) in [6, 6.07) is 5.37. The fourth-order valence-electron chi connectivity index (χ4n) is 6.52. The van der Waals surface area contributed by atoms with Crippen molar-refractivity contribution in [1.29, 1.82) is 0 Å². The summed E-state index contributed by atoms with van der Waals surface area (Å²) in [5.74, 6) is 1.49. The Labute approximate surface area is 234 Å². The van der Waals surface area contributed by atoms with Gasteiger partial charge in [0.2, 0.25) is 5.91 Å². The van der Waals surface area contributed by atoms with Crippen LogP contribution >= 0.6 is 0 Å². The lowest BCUT2D eigenvalue weighted by Crippen LogP contribution is -2.48. The smallest absolute Gasteiger partial charge is 0.319 e. The molecule has 8 heteroatoms. The van der Waals surface area contributed by atoms with Crippen LogP contribution in [0.25, 0.3) is 0 Å². The molecule has 2 aliphatic carbocycles. The quantitative estimate of drug-likeness (QED) is 0.439. The number of hydrogen-bond acceptors (Lipinski definition) is 5. The van der Waals surface area contributed by atoms with Gasteiger partial charge in [0, 0.05) is 42.8 Å². The topological polar surface area (TPSA) is 94.1 Å². The van der Waals surface area contributed by atoms with Crippen molar-refractivity contribution in [3.05, 3.63) is 23.8 Å². The molecule has 0 radical (unpaired) electrons. The third kappa shape index (κ3) is 8.58. The van der Waals surface area contributed by atoms with Gasteiger partial charge in [-0.25, -0.2) is 4.79 Å². The highest BCUT2D eigenvalue weighted by atomic mass is 16.5. The zero-order chi connectivity index (χ0) is 27.8. The first kappa shape index (κ1) is 29.7. The Morgan fingerprint density at radius 2 is 1.79 bits per heavy atom. The summed E-state index contributed by atoms with van der Waals surface area (Å²) in [4.78, 5) is 30.3. The maximum Gasteiger partial charge on any atom is 0.319 e. The summed E-state index contributed by atoms with van der Waals surface area (Å²) in [5.41, 5.74) is 1.41. The van der Waals surface area contributed by atoms with Gasteiger partial charge in [-0.15, -0.1) is 0 Å². The molecule has 3 amide bonds. The van der Waals surface area contributed by atoms with E-state index in [2.05, 4.69) is 29.5 Å². The van der Waals surface area contributed by atoms with Gasteiger partial charge in [-0.1, -0.05) is 45.4 Å². The number of anilines is 1. The molecule has 2 fully saturated rings. The molecule has 3 atom stereocenters. The predicted octanol–water partition coefficient (Wildman–Crippen LogP) is 4.80. The van der Waals surface area contributed by atoms with Crippen LogP contribution in [0.2, 0.25) is 0 Å². The van der Waals surface area contributed by atoms with Gasteiger partial charge in [-0.05, 0) is 63.8 Å². The molecule has 3 aliphatic rings. The van der Waals surface area contributed by atoms with Gasteiger partial charge in [0.25, 0.3) is 0 Å². The van der Waals surface area contributed by atoms with Crippen LogP contribution in [0, 0.1) is 11.8 Å². The number of amides is 3. The number of ether oxygens (including phenoxy) is 1. The normalized spacial score (nSPS) is 24.2. The van der Waals surface area contributed by atoms with E-state index in [1.165, 1.54) is 38.5 Å². The Balaban J connectivity index is 1.50. The van der Waals surface area contributed by atoms with Crippen LogP contribution in [0.1, 0.15) is 83.6 Å². The molecule has 1 heterocycles. The first-order valence-corrected chi connectivity index (χ1v) is 15.3. The Hall–Kier alpha value is -2.32. The third-order valence-electron chi connectivity index (χ3n) is 8.90. The molecular weight excluding hydrogens is 492 g/mol. The monoisotopic (exact) mass is 542 g/mol. The molecule has 0 bridgehead atoms. The number of aliphatic hydroxyl groups excluding tert-OH is 1. The fraction of sp³-hybridized carbons (Fsp3) is 0.742. The van der Waals surface area contributed by atoms with E-state index in [1.807, 2.05) is 25.1 Å². The number of urea groups is 1. The number of aliphatic hydroxyl groups is 1. The highest BCUT2D eigenvalue weighted by molar-refractivity contribution is 5.90. The number of hydrogen-bond donors (Lipinski definition) is 3. The maximum absolute atomic E-state index is 13.5. The molecule has 8 nitrogen and oxygen atoms in total. The minimum atomic E-state index is -0.273. The van der Waals surface area contributed by atoms with Crippen molar-refractivity contribution < 1.29 is 19.4 Å². The van der Waals surface area contributed by atoms with E-state index in [0.29, 0.717) is 18.0 Å². The van der Waals surface area contributed by atoms with Crippen molar-refractivity contribution in [2.75, 3.05) is 38.6 Å². The predicted molar refractivity (Wildman–Crippen MR) is 155 cm³/mol. The van der Waals surface area contributed by atoms with Crippen LogP contribution in [0.5, 0.6) is 5.75 Å². The summed E-state index contributed by atoms with van der Waals surface area (Å²) in [6.07, 6.45) is 12.3. The molecule has 0 spiro atoms. The summed E-state index contributed by atoms with van der Waals surface area (Å²) >= 11 is 0. The van der Waals surface area contributed by atoms with E-state index < -0.39 is 0 Å². The molecule has 0 unspecified atom stereocenters. The Morgan fingerprint density at radius 3 is 2.49 bits per heavy atom. The van der Waals surface area contributed by atoms with Crippen molar-refractivity contribution in [3.8, 4) is 5.75 Å². The molecule has 1 aromatic carbocycles. The minimum Gasteiger partial charge on any atom is -0.488 e. The lowest BCUT2D eigenvalue weighted by Gasteiger charge is -2.35. The van der Waals surface area contributed by atoms with Crippen LogP contribution in [0.3, 0.4) is 0 Å². The summed E-state index contributed by atoms with van der Waals surface area (Å²) in [6.45, 7) is 6.32. The molecule has 3 N–H and O–H groups in total. The SMILES string of the molecule is C[C@@H]1CN([C@H](C)CO)C(=O)Cc2cc(NC(=O)NC3CCCCC3)ccc2O[C@@H]1CN(C)CC1CCCCC1. The van der Waals surface area contributed by atoms with Crippen LogP contribution in [-0.2, 0) is 11.2 Å². The van der Waals surface area contributed by atoms with Gasteiger partial charge in [0.05, 0.1) is 19.1 Å². The van der Waals surface area contributed by atoms with Crippen molar-refractivity contribution in [3.63, 3.8) is 0 Å². The maximum atomic E-state index is 13.5. The van der Waals surface area contributed by atoms with Gasteiger partial charge in [-0.2, -0.15) is 0 Å². The second-order valence-electron chi connectivity index (χ2n) is 12.4. The zero-order valence-electron chi connectivity index (χ0n) is 24.3. The van der Waals surface area contributed by atoms with Gasteiger partial charge >= 0.3 is 6.03 Å². The summed E-state index contributed by atoms with van der Waals surface area (Å²) in [7, 11) is 2.18. The fourth-order valence-corrected chi connectivity index (χ4v) is 6.52. The first-order valence-electron chi connectivity index (χ1n) is 15.3. The van der Waals surface area contributed by atoms with Crippen molar-refractivity contribution in [2.45, 2.75) is 103 Å². The van der Waals surface area contributed by atoms with Gasteiger partial charge < -0.3 is 30.3 Å². The van der Waals surface area contributed by atoms with E-state index in [1.54, 1.807) is 4.90 Å². The number of likely N-dealkylation sites (N-methyl/N-ethyl adjacent to an activating group) is 1. The molecule has 2 saturated carbocycles. The van der Waals surface area contributed by atoms with Gasteiger partial charge in [-0.3, -0.25) is 4.79 Å². The molecule has 1 aromatic rings. The van der Waals surface area contributed by atoms with Crippen LogP contribution in [0.4, 0.5) is 10.5 Å².